The molecule has 0 unspecified atom stereocenters. The van der Waals surface area contributed by atoms with E-state index in [9.17, 15) is 4.79 Å². The van der Waals surface area contributed by atoms with Crippen molar-refractivity contribution in [2.45, 2.75) is 71.1 Å². The van der Waals surface area contributed by atoms with Crippen LogP contribution in [-0.4, -0.2) is 17.7 Å². The summed E-state index contributed by atoms with van der Waals surface area (Å²) in [5, 5.41) is 8.70. The number of allylic oxidation sites excluding steroid dienone is 1. The fraction of sp³-hybridized carbons (Fsp3) is 0.571. The largest absolute Gasteiger partial charge is 0.481 e. The monoisotopic (exact) mass is 332 g/mol. The zero-order valence-corrected chi connectivity index (χ0v) is 15.0. The zero-order valence-electron chi connectivity index (χ0n) is 15.0. The Morgan fingerprint density at radius 1 is 1.00 bits per heavy atom. The maximum absolute atomic E-state index is 10.6. The summed E-state index contributed by atoms with van der Waals surface area (Å²) in [6.45, 7) is 1.95. The van der Waals surface area contributed by atoms with Crippen LogP contribution in [0.2, 0.25) is 0 Å². The second-order valence-corrected chi connectivity index (χ2v) is 6.24. The van der Waals surface area contributed by atoms with Crippen LogP contribution < -0.4 is 4.74 Å². The highest BCUT2D eigenvalue weighted by molar-refractivity contribution is 5.69. The van der Waals surface area contributed by atoms with Crippen LogP contribution in [0, 0.1) is 0 Å². The molecule has 0 fully saturated rings. The maximum atomic E-state index is 10.6. The number of carbonyl (C=O) groups is 1. The Labute approximate surface area is 146 Å². The number of para-hydroxylation sites is 1. The van der Waals surface area contributed by atoms with Crippen molar-refractivity contribution in [3.8, 4) is 5.75 Å². The molecule has 0 spiro atoms. The normalized spacial score (nSPS) is 11.0. The molecule has 0 aromatic heterocycles. The lowest BCUT2D eigenvalue weighted by atomic mass is 10.1. The summed E-state index contributed by atoms with van der Waals surface area (Å²) in [6, 6.07) is 7.55. The molecule has 3 nitrogen and oxygen atoms in total. The smallest absolute Gasteiger partial charge is 0.341 e. The van der Waals surface area contributed by atoms with Crippen molar-refractivity contribution in [3.63, 3.8) is 0 Å². The lowest BCUT2D eigenvalue weighted by molar-refractivity contribution is -0.139. The number of aliphatic carboxylic acids is 1. The third-order valence-electron chi connectivity index (χ3n) is 4.04. The molecule has 0 saturated heterocycles. The summed E-state index contributed by atoms with van der Waals surface area (Å²) >= 11 is 0. The Kier molecular flexibility index (Phi) is 11.5. The highest BCUT2D eigenvalue weighted by atomic mass is 16.5. The molecule has 0 radical (unpaired) electrons. The van der Waals surface area contributed by atoms with E-state index in [4.69, 9.17) is 9.84 Å². The van der Waals surface area contributed by atoms with Crippen LogP contribution in [0.25, 0.3) is 6.08 Å². The van der Waals surface area contributed by atoms with E-state index in [0.717, 1.165) is 12.0 Å². The van der Waals surface area contributed by atoms with Crippen molar-refractivity contribution in [1.29, 1.82) is 0 Å². The summed E-state index contributed by atoms with van der Waals surface area (Å²) in [5.41, 5.74) is 0.940. The molecule has 0 heterocycles. The summed E-state index contributed by atoms with van der Waals surface area (Å²) in [6.07, 6.45) is 17.3. The first-order valence-corrected chi connectivity index (χ1v) is 9.34. The molecular formula is C21H32O3. The van der Waals surface area contributed by atoms with Gasteiger partial charge in [0.1, 0.15) is 5.75 Å². The first kappa shape index (κ1) is 20.3. The SMILES string of the molecule is CCCCCCCCCCCC=Cc1ccccc1OCC(=O)O. The van der Waals surface area contributed by atoms with E-state index in [1.807, 2.05) is 24.3 Å². The molecule has 1 rings (SSSR count). The van der Waals surface area contributed by atoms with Gasteiger partial charge in [-0.15, -0.1) is 0 Å². The van der Waals surface area contributed by atoms with Crippen molar-refractivity contribution in [3.05, 3.63) is 35.9 Å². The predicted octanol–water partition coefficient (Wildman–Crippen LogP) is 6.08. The molecule has 0 atom stereocenters. The number of hydrogen-bond donors (Lipinski definition) is 1. The third-order valence-corrected chi connectivity index (χ3v) is 4.04. The summed E-state index contributed by atoms with van der Waals surface area (Å²) < 4.78 is 5.30. The van der Waals surface area contributed by atoms with Crippen LogP contribution in [0.15, 0.2) is 30.3 Å². The van der Waals surface area contributed by atoms with Gasteiger partial charge in [0.15, 0.2) is 6.61 Å². The van der Waals surface area contributed by atoms with Crippen molar-refractivity contribution < 1.29 is 14.6 Å². The van der Waals surface area contributed by atoms with Crippen molar-refractivity contribution in [1.82, 2.24) is 0 Å². The van der Waals surface area contributed by atoms with Crippen molar-refractivity contribution in [2.24, 2.45) is 0 Å². The van der Waals surface area contributed by atoms with Gasteiger partial charge in [-0.2, -0.15) is 0 Å². The van der Waals surface area contributed by atoms with E-state index in [-0.39, 0.29) is 6.61 Å². The molecule has 1 aromatic carbocycles. The molecular weight excluding hydrogens is 300 g/mol. The first-order valence-electron chi connectivity index (χ1n) is 9.34. The number of carboxylic acid groups (broad SMARTS) is 1. The van der Waals surface area contributed by atoms with Crippen LogP contribution in [0.5, 0.6) is 5.75 Å². The van der Waals surface area contributed by atoms with Crippen LogP contribution in [-0.2, 0) is 4.79 Å². The molecule has 0 saturated carbocycles. The Morgan fingerprint density at radius 2 is 1.62 bits per heavy atom. The van der Waals surface area contributed by atoms with Crippen LogP contribution in [0.1, 0.15) is 76.7 Å². The number of hydrogen-bond acceptors (Lipinski definition) is 2. The first-order chi connectivity index (χ1) is 11.7. The second-order valence-electron chi connectivity index (χ2n) is 6.24. The van der Waals surface area contributed by atoms with E-state index in [0.29, 0.717) is 5.75 Å². The third kappa shape index (κ3) is 10.1. The van der Waals surface area contributed by atoms with Gasteiger partial charge in [0.05, 0.1) is 0 Å². The fourth-order valence-electron chi connectivity index (χ4n) is 2.67. The van der Waals surface area contributed by atoms with Crippen molar-refractivity contribution >= 4 is 12.0 Å². The number of rotatable bonds is 14. The lowest BCUT2D eigenvalue weighted by Crippen LogP contribution is -2.09. The number of unbranched alkanes of at least 4 members (excludes halogenated alkanes) is 9. The van der Waals surface area contributed by atoms with E-state index in [2.05, 4.69) is 13.0 Å². The standard InChI is InChI=1S/C21H32O3/c1-2-3-4-5-6-7-8-9-10-11-12-15-19-16-13-14-17-20(19)24-18-21(22)23/h12-17H,2-11,18H2,1H3,(H,22,23). The molecule has 0 amide bonds. The van der Waals surface area contributed by atoms with Crippen LogP contribution >= 0.6 is 0 Å². The Bertz CT molecular complexity index is 480. The minimum Gasteiger partial charge on any atom is -0.481 e. The number of benzene rings is 1. The average Bonchev–Trinajstić information content (AvgIpc) is 2.58. The summed E-state index contributed by atoms with van der Waals surface area (Å²) in [5.74, 6) is -0.327. The van der Waals surface area contributed by atoms with Gasteiger partial charge in [0, 0.05) is 5.56 Å². The quantitative estimate of drug-likeness (QED) is 0.420. The molecule has 24 heavy (non-hydrogen) atoms. The second kappa shape index (κ2) is 13.6. The fourth-order valence-corrected chi connectivity index (χ4v) is 2.67. The van der Waals surface area contributed by atoms with Crippen LogP contribution in [0.3, 0.4) is 0 Å². The molecule has 1 N–H and O–H groups in total. The number of carboxylic acids is 1. The minimum atomic E-state index is -0.955. The zero-order chi connectivity index (χ0) is 17.5. The van der Waals surface area contributed by atoms with Gasteiger partial charge in [-0.1, -0.05) is 88.6 Å². The average molecular weight is 332 g/mol. The predicted molar refractivity (Wildman–Crippen MR) is 100 cm³/mol. The minimum absolute atomic E-state index is 0.302. The van der Waals surface area contributed by atoms with Gasteiger partial charge in [-0.25, -0.2) is 4.79 Å². The summed E-state index contributed by atoms with van der Waals surface area (Å²) in [7, 11) is 0. The van der Waals surface area contributed by atoms with E-state index in [1.54, 1.807) is 6.07 Å². The molecule has 0 bridgehead atoms. The molecule has 1 aromatic rings. The number of ether oxygens (including phenoxy) is 1. The Hall–Kier alpha value is -1.77. The molecule has 3 heteroatoms. The van der Waals surface area contributed by atoms with Gasteiger partial charge in [-0.3, -0.25) is 0 Å². The lowest BCUT2D eigenvalue weighted by Gasteiger charge is -2.06. The van der Waals surface area contributed by atoms with Crippen LogP contribution in [0.4, 0.5) is 0 Å². The molecule has 134 valence electrons. The molecule has 0 aliphatic rings. The highest BCUT2D eigenvalue weighted by Gasteiger charge is 2.02. The Balaban J connectivity index is 2.15. The van der Waals surface area contributed by atoms with Gasteiger partial charge >= 0.3 is 5.97 Å². The topological polar surface area (TPSA) is 46.5 Å². The van der Waals surface area contributed by atoms with Crippen molar-refractivity contribution in [2.75, 3.05) is 6.61 Å². The Morgan fingerprint density at radius 3 is 2.29 bits per heavy atom. The van der Waals surface area contributed by atoms with E-state index in [1.165, 1.54) is 57.8 Å². The molecule has 0 aliphatic carbocycles. The highest BCUT2D eigenvalue weighted by Crippen LogP contribution is 2.20. The van der Waals surface area contributed by atoms with Gasteiger partial charge in [0.25, 0.3) is 0 Å². The van der Waals surface area contributed by atoms with E-state index >= 15 is 0 Å². The van der Waals surface area contributed by atoms with E-state index < -0.39 is 5.97 Å². The molecule has 0 aliphatic heterocycles. The summed E-state index contributed by atoms with van der Waals surface area (Å²) in [4.78, 5) is 10.6. The maximum Gasteiger partial charge on any atom is 0.341 e. The van der Waals surface area contributed by atoms with Gasteiger partial charge in [-0.05, 0) is 18.9 Å². The van der Waals surface area contributed by atoms with Gasteiger partial charge < -0.3 is 9.84 Å². The van der Waals surface area contributed by atoms with Gasteiger partial charge in [0.2, 0.25) is 0 Å².